The first-order valence-corrected chi connectivity index (χ1v) is 18.4. The van der Waals surface area contributed by atoms with Gasteiger partial charge in [-0.05, 0) is 80.3 Å². The van der Waals surface area contributed by atoms with Gasteiger partial charge in [0, 0.05) is 19.5 Å². The molecule has 0 N–H and O–H groups in total. The van der Waals surface area contributed by atoms with Gasteiger partial charge in [0.1, 0.15) is 0 Å². The second-order valence-electron chi connectivity index (χ2n) is 11.4. The molecule has 49 heavy (non-hydrogen) atoms. The first-order chi connectivity index (χ1) is 22.9. The van der Waals surface area contributed by atoms with Crippen molar-refractivity contribution in [1.29, 1.82) is 0 Å². The van der Waals surface area contributed by atoms with E-state index >= 15 is 0 Å². The van der Waals surface area contributed by atoms with Crippen LogP contribution in [-0.2, 0) is 19.5 Å². The molecule has 8 rings (SSSR count). The van der Waals surface area contributed by atoms with E-state index in [1.807, 2.05) is 0 Å². The van der Waals surface area contributed by atoms with Crippen molar-refractivity contribution < 1.29 is 28.9 Å². The van der Waals surface area contributed by atoms with Gasteiger partial charge in [0.05, 0.1) is 0 Å². The first kappa shape index (κ1) is 35.9. The van der Waals surface area contributed by atoms with Crippen molar-refractivity contribution in [3.63, 3.8) is 0 Å². The fourth-order valence-electron chi connectivity index (χ4n) is 6.58. The number of hydrogen-bond acceptors (Lipinski definition) is 0. The predicted octanol–water partition coefficient (Wildman–Crippen LogP) is 9.48. The maximum atomic E-state index is 2.42. The van der Waals surface area contributed by atoms with Crippen LogP contribution >= 0.6 is 15.8 Å². The van der Waals surface area contributed by atoms with Gasteiger partial charge in [-0.1, -0.05) is 194 Å². The molecule has 0 saturated heterocycles. The molecule has 0 aliphatic heterocycles. The molecule has 0 aliphatic rings. The van der Waals surface area contributed by atoms with Gasteiger partial charge >= 0.3 is 0 Å². The summed E-state index contributed by atoms with van der Waals surface area (Å²) in [6.07, 6.45) is 0. The van der Waals surface area contributed by atoms with Crippen LogP contribution in [0.15, 0.2) is 194 Å². The van der Waals surface area contributed by atoms with Crippen LogP contribution in [0.1, 0.15) is 0 Å². The Morgan fingerprint density at radius 3 is 0.837 bits per heavy atom. The van der Waals surface area contributed by atoms with Gasteiger partial charge in [-0.15, -0.1) is 0 Å². The molecule has 0 aromatic heterocycles. The van der Waals surface area contributed by atoms with E-state index < -0.39 is 15.8 Å². The van der Waals surface area contributed by atoms with Crippen LogP contribution in [0.3, 0.4) is 0 Å². The molecule has 242 valence electrons. The largest absolute Gasteiger partial charge is 0.269 e. The predicted molar refractivity (Wildman–Crippen MR) is 209 cm³/mol. The standard InChI is InChI=1S/C44H32P2.2FH.Ru/c1-5-19-35(20-6-1)45(36-21-7-2-8-22-36)41-31-29-33-17-13-15-27-39(33)43(41)44-40-28-16-14-18-34(40)30-32-42(44)46(37-23-9-3-10-24-37)38-25-11-4-12-26-38;;;/h1-32H;2*1H;. The molecule has 5 heteroatoms. The van der Waals surface area contributed by atoms with Crippen LogP contribution in [-0.4, -0.2) is 0 Å². The maximum absolute atomic E-state index is 2.42. The molecular formula is C44H34F2P2Ru. The third-order valence-corrected chi connectivity index (χ3v) is 13.6. The summed E-state index contributed by atoms with van der Waals surface area (Å²) in [7, 11) is -1.70. The Hall–Kier alpha value is -4.38. The summed E-state index contributed by atoms with van der Waals surface area (Å²) in [6, 6.07) is 71.8. The first-order valence-electron chi connectivity index (χ1n) is 15.7. The van der Waals surface area contributed by atoms with Crippen molar-refractivity contribution in [2.75, 3.05) is 0 Å². The Labute approximate surface area is 301 Å². The average molecular weight is 764 g/mol. The number of benzene rings is 8. The Morgan fingerprint density at radius 2 is 0.531 bits per heavy atom. The minimum Gasteiger partial charge on any atom is -0.269 e. The van der Waals surface area contributed by atoms with Crippen molar-refractivity contribution >= 4 is 69.2 Å². The van der Waals surface area contributed by atoms with Crippen LogP contribution in [0.25, 0.3) is 32.7 Å². The van der Waals surface area contributed by atoms with E-state index in [9.17, 15) is 0 Å². The van der Waals surface area contributed by atoms with E-state index in [1.54, 1.807) is 0 Å². The summed E-state index contributed by atoms with van der Waals surface area (Å²) in [5.41, 5.74) is 2.70. The van der Waals surface area contributed by atoms with Crippen molar-refractivity contribution in [2.45, 2.75) is 0 Å². The molecule has 0 aliphatic carbocycles. The molecule has 8 aromatic carbocycles. The maximum Gasteiger partial charge on any atom is 0 e. The molecule has 0 saturated carbocycles. The molecule has 0 heterocycles. The average Bonchev–Trinajstić information content (AvgIpc) is 3.14. The number of fused-ring (bicyclic) bond motifs is 2. The number of halogens is 2. The van der Waals surface area contributed by atoms with E-state index in [4.69, 9.17) is 0 Å². The SMILES string of the molecule is F.F.[Ru].c1ccc(P(c2ccccc2)c2ccc3ccccc3c2-c2c(P(c3ccccc3)c3ccccc3)ccc3ccccc23)cc1. The van der Waals surface area contributed by atoms with Crippen molar-refractivity contribution in [3.05, 3.63) is 194 Å². The van der Waals surface area contributed by atoms with E-state index in [-0.39, 0.29) is 28.9 Å². The van der Waals surface area contributed by atoms with E-state index in [2.05, 4.69) is 194 Å². The molecule has 0 atom stereocenters. The van der Waals surface area contributed by atoms with Crippen LogP contribution < -0.4 is 31.8 Å². The third-order valence-electron chi connectivity index (χ3n) is 8.60. The van der Waals surface area contributed by atoms with Gasteiger partial charge in [-0.25, -0.2) is 0 Å². The topological polar surface area (TPSA) is 0 Å². The van der Waals surface area contributed by atoms with E-state index in [0.29, 0.717) is 0 Å². The fraction of sp³-hybridized carbons (Fsp3) is 0. The second kappa shape index (κ2) is 16.3. The molecule has 0 radical (unpaired) electrons. The summed E-state index contributed by atoms with van der Waals surface area (Å²) < 4.78 is 0. The molecule has 0 bridgehead atoms. The van der Waals surface area contributed by atoms with Crippen molar-refractivity contribution in [2.24, 2.45) is 0 Å². The van der Waals surface area contributed by atoms with Gasteiger partial charge in [0.25, 0.3) is 0 Å². The van der Waals surface area contributed by atoms with Gasteiger partial charge in [0.15, 0.2) is 0 Å². The Morgan fingerprint density at radius 1 is 0.265 bits per heavy atom. The number of rotatable bonds is 7. The van der Waals surface area contributed by atoms with Gasteiger partial charge in [-0.3, -0.25) is 9.41 Å². The molecule has 0 spiro atoms. The van der Waals surface area contributed by atoms with E-state index in [1.165, 1.54) is 64.5 Å². The smallest absolute Gasteiger partial charge is 0 e. The van der Waals surface area contributed by atoms with Crippen LogP contribution in [0.2, 0.25) is 0 Å². The second-order valence-corrected chi connectivity index (χ2v) is 15.7. The minimum atomic E-state index is -0.852. The Kier molecular flexibility index (Phi) is 12.0. The van der Waals surface area contributed by atoms with Crippen LogP contribution in [0.5, 0.6) is 0 Å². The van der Waals surface area contributed by atoms with Crippen molar-refractivity contribution in [1.82, 2.24) is 0 Å². The Balaban J connectivity index is 0.00000156. The summed E-state index contributed by atoms with van der Waals surface area (Å²) >= 11 is 0. The quantitative estimate of drug-likeness (QED) is 0.112. The molecule has 0 unspecified atom stereocenters. The minimum absolute atomic E-state index is 0. The Bertz CT molecular complexity index is 2020. The summed E-state index contributed by atoms with van der Waals surface area (Å²) in [5, 5.41) is 13.3. The van der Waals surface area contributed by atoms with Gasteiger partial charge in [-0.2, -0.15) is 0 Å². The van der Waals surface area contributed by atoms with Crippen LogP contribution in [0, 0.1) is 0 Å². The molecule has 0 amide bonds. The van der Waals surface area contributed by atoms with E-state index in [0.717, 1.165) is 0 Å². The number of hydrogen-bond donors (Lipinski definition) is 0. The normalized spacial score (nSPS) is 10.7. The molecular weight excluding hydrogens is 729 g/mol. The molecule has 0 fully saturated rings. The summed E-state index contributed by atoms with van der Waals surface area (Å²) in [6.45, 7) is 0. The third kappa shape index (κ3) is 7.04. The van der Waals surface area contributed by atoms with Gasteiger partial charge in [0.2, 0.25) is 0 Å². The molecule has 8 aromatic rings. The summed E-state index contributed by atoms with van der Waals surface area (Å²) in [4.78, 5) is 0. The van der Waals surface area contributed by atoms with Crippen molar-refractivity contribution in [3.8, 4) is 11.1 Å². The zero-order valence-electron chi connectivity index (χ0n) is 26.5. The monoisotopic (exact) mass is 764 g/mol. The van der Waals surface area contributed by atoms with Crippen LogP contribution in [0.4, 0.5) is 9.41 Å². The van der Waals surface area contributed by atoms with Gasteiger partial charge < -0.3 is 0 Å². The summed E-state index contributed by atoms with van der Waals surface area (Å²) in [5.74, 6) is 0. The molecule has 0 nitrogen and oxygen atoms in total. The fourth-order valence-corrected chi connectivity index (χ4v) is 11.5. The zero-order valence-corrected chi connectivity index (χ0v) is 30.1. The zero-order chi connectivity index (χ0) is 30.7.